The van der Waals surface area contributed by atoms with Crippen LogP contribution in [0.25, 0.3) is 0 Å². The summed E-state index contributed by atoms with van der Waals surface area (Å²) in [6, 6.07) is 9.94. The van der Waals surface area contributed by atoms with Crippen molar-refractivity contribution in [3.63, 3.8) is 0 Å². The number of aromatic nitrogens is 2. The first-order valence-electron chi connectivity index (χ1n) is 7.31. The molecule has 1 aromatic carbocycles. The molecule has 0 saturated carbocycles. The second-order valence-corrected chi connectivity index (χ2v) is 5.58. The zero-order valence-corrected chi connectivity index (χ0v) is 13.2. The standard InChI is InChI=1S/C17H23N3O/c1-12(11-20-15(4)13(2)14(3)19-20)17(21)18-10-16-8-6-5-7-9-16/h5-9,12H,10-11H2,1-4H3,(H,18,21)/t12-/m1/s1. The van der Waals surface area contributed by atoms with Gasteiger partial charge in [0.15, 0.2) is 0 Å². The van der Waals surface area contributed by atoms with Gasteiger partial charge in [0.1, 0.15) is 0 Å². The van der Waals surface area contributed by atoms with Crippen LogP contribution in [-0.4, -0.2) is 15.7 Å². The maximum atomic E-state index is 12.2. The number of hydrogen-bond acceptors (Lipinski definition) is 2. The molecule has 0 aliphatic rings. The van der Waals surface area contributed by atoms with Crippen molar-refractivity contribution in [3.8, 4) is 0 Å². The minimum atomic E-state index is -0.105. The molecule has 0 aliphatic carbocycles. The highest BCUT2D eigenvalue weighted by Crippen LogP contribution is 2.13. The summed E-state index contributed by atoms with van der Waals surface area (Å²) >= 11 is 0. The van der Waals surface area contributed by atoms with Crippen molar-refractivity contribution in [2.45, 2.75) is 40.8 Å². The van der Waals surface area contributed by atoms with Gasteiger partial charge in [-0.05, 0) is 31.9 Å². The molecule has 1 N–H and O–H groups in total. The Hall–Kier alpha value is -2.10. The molecule has 0 spiro atoms. The van der Waals surface area contributed by atoms with Gasteiger partial charge in [0, 0.05) is 12.2 Å². The van der Waals surface area contributed by atoms with Gasteiger partial charge in [0.25, 0.3) is 0 Å². The number of nitrogens with zero attached hydrogens (tertiary/aromatic N) is 2. The lowest BCUT2D eigenvalue weighted by Crippen LogP contribution is -2.31. The zero-order chi connectivity index (χ0) is 15.4. The van der Waals surface area contributed by atoms with E-state index in [9.17, 15) is 4.79 Å². The first kappa shape index (κ1) is 15.3. The lowest BCUT2D eigenvalue weighted by Gasteiger charge is -2.13. The van der Waals surface area contributed by atoms with Crippen molar-refractivity contribution in [1.82, 2.24) is 15.1 Å². The van der Waals surface area contributed by atoms with E-state index < -0.39 is 0 Å². The quantitative estimate of drug-likeness (QED) is 0.918. The molecule has 0 radical (unpaired) electrons. The first-order chi connectivity index (χ1) is 9.99. The normalized spacial score (nSPS) is 12.2. The van der Waals surface area contributed by atoms with Crippen LogP contribution in [0.5, 0.6) is 0 Å². The first-order valence-corrected chi connectivity index (χ1v) is 7.31. The summed E-state index contributed by atoms with van der Waals surface area (Å²) < 4.78 is 1.93. The summed E-state index contributed by atoms with van der Waals surface area (Å²) in [6.07, 6.45) is 0. The lowest BCUT2D eigenvalue weighted by atomic mass is 10.1. The van der Waals surface area contributed by atoms with Gasteiger partial charge < -0.3 is 5.32 Å². The third-order valence-corrected chi connectivity index (χ3v) is 3.95. The van der Waals surface area contributed by atoms with Crippen molar-refractivity contribution in [1.29, 1.82) is 0 Å². The highest BCUT2D eigenvalue weighted by atomic mass is 16.1. The SMILES string of the molecule is Cc1nn(C[C@@H](C)C(=O)NCc2ccccc2)c(C)c1C. The van der Waals surface area contributed by atoms with Crippen LogP contribution in [0.2, 0.25) is 0 Å². The summed E-state index contributed by atoms with van der Waals surface area (Å²) in [5, 5.41) is 7.47. The van der Waals surface area contributed by atoms with Crippen LogP contribution >= 0.6 is 0 Å². The Morgan fingerprint density at radius 1 is 1.24 bits per heavy atom. The third-order valence-electron chi connectivity index (χ3n) is 3.95. The summed E-state index contributed by atoms with van der Waals surface area (Å²) in [5.74, 6) is -0.0461. The molecular formula is C17H23N3O. The maximum absolute atomic E-state index is 12.2. The van der Waals surface area contributed by atoms with E-state index in [0.29, 0.717) is 13.1 Å². The van der Waals surface area contributed by atoms with Gasteiger partial charge in [-0.1, -0.05) is 37.3 Å². The molecule has 21 heavy (non-hydrogen) atoms. The van der Waals surface area contributed by atoms with E-state index in [1.165, 1.54) is 5.56 Å². The number of carbonyl (C=O) groups is 1. The Labute approximate surface area is 126 Å². The molecule has 2 rings (SSSR count). The fraction of sp³-hybridized carbons (Fsp3) is 0.412. The van der Waals surface area contributed by atoms with Gasteiger partial charge in [0.05, 0.1) is 18.2 Å². The van der Waals surface area contributed by atoms with E-state index in [0.717, 1.165) is 17.0 Å². The molecule has 0 aliphatic heterocycles. The molecule has 0 saturated heterocycles. The van der Waals surface area contributed by atoms with E-state index >= 15 is 0 Å². The highest BCUT2D eigenvalue weighted by molar-refractivity contribution is 5.78. The number of rotatable bonds is 5. The van der Waals surface area contributed by atoms with Gasteiger partial charge in [0.2, 0.25) is 5.91 Å². The molecule has 0 unspecified atom stereocenters. The molecule has 0 bridgehead atoms. The van der Waals surface area contributed by atoms with Gasteiger partial charge in [-0.3, -0.25) is 9.48 Å². The fourth-order valence-electron chi connectivity index (χ4n) is 2.27. The summed E-state index contributed by atoms with van der Waals surface area (Å²) in [7, 11) is 0. The summed E-state index contributed by atoms with van der Waals surface area (Å²) in [5.41, 5.74) is 4.48. The van der Waals surface area contributed by atoms with Gasteiger partial charge in [-0.25, -0.2) is 0 Å². The molecule has 1 atom stereocenters. The largest absolute Gasteiger partial charge is 0.352 e. The van der Waals surface area contributed by atoms with E-state index in [1.54, 1.807) is 0 Å². The van der Waals surface area contributed by atoms with E-state index in [4.69, 9.17) is 0 Å². The molecule has 4 heteroatoms. The Morgan fingerprint density at radius 3 is 2.48 bits per heavy atom. The van der Waals surface area contributed by atoms with Crippen LogP contribution in [0.3, 0.4) is 0 Å². The summed E-state index contributed by atoms with van der Waals surface area (Å²) in [4.78, 5) is 12.2. The summed E-state index contributed by atoms with van der Waals surface area (Å²) in [6.45, 7) is 9.23. The second kappa shape index (κ2) is 6.57. The minimum Gasteiger partial charge on any atom is -0.352 e. The topological polar surface area (TPSA) is 46.9 Å². The van der Waals surface area contributed by atoms with Crippen molar-refractivity contribution < 1.29 is 4.79 Å². The Balaban J connectivity index is 1.92. The van der Waals surface area contributed by atoms with Crippen molar-refractivity contribution >= 4 is 5.91 Å². The monoisotopic (exact) mass is 285 g/mol. The maximum Gasteiger partial charge on any atom is 0.224 e. The minimum absolute atomic E-state index is 0.0593. The van der Waals surface area contributed by atoms with Crippen LogP contribution in [0.15, 0.2) is 30.3 Å². The number of hydrogen-bond donors (Lipinski definition) is 1. The smallest absolute Gasteiger partial charge is 0.224 e. The van der Waals surface area contributed by atoms with Crippen LogP contribution in [0.4, 0.5) is 0 Å². The Morgan fingerprint density at radius 2 is 1.90 bits per heavy atom. The number of carbonyl (C=O) groups excluding carboxylic acids is 1. The number of aryl methyl sites for hydroxylation is 1. The lowest BCUT2D eigenvalue weighted by molar-refractivity contribution is -0.125. The van der Waals surface area contributed by atoms with E-state index in [-0.39, 0.29) is 11.8 Å². The number of amides is 1. The predicted molar refractivity (Wildman–Crippen MR) is 83.9 cm³/mol. The Kier molecular flexibility index (Phi) is 4.78. The predicted octanol–water partition coefficient (Wildman–Crippen LogP) is 2.76. The van der Waals surface area contributed by atoms with Gasteiger partial charge in [-0.15, -0.1) is 0 Å². The van der Waals surface area contributed by atoms with Crippen LogP contribution in [-0.2, 0) is 17.9 Å². The zero-order valence-electron chi connectivity index (χ0n) is 13.2. The molecule has 0 fully saturated rings. The number of nitrogens with one attached hydrogen (secondary N) is 1. The number of benzene rings is 1. The van der Waals surface area contributed by atoms with Crippen LogP contribution in [0, 0.1) is 26.7 Å². The van der Waals surface area contributed by atoms with Crippen LogP contribution < -0.4 is 5.32 Å². The molecule has 112 valence electrons. The van der Waals surface area contributed by atoms with Gasteiger partial charge in [-0.2, -0.15) is 5.10 Å². The van der Waals surface area contributed by atoms with Crippen molar-refractivity contribution in [2.24, 2.45) is 5.92 Å². The molecule has 4 nitrogen and oxygen atoms in total. The average molecular weight is 285 g/mol. The van der Waals surface area contributed by atoms with E-state index in [1.807, 2.05) is 55.8 Å². The molecule has 1 heterocycles. The van der Waals surface area contributed by atoms with Crippen LogP contribution in [0.1, 0.15) is 29.4 Å². The fourth-order valence-corrected chi connectivity index (χ4v) is 2.27. The molecule has 1 aromatic heterocycles. The Bertz CT molecular complexity index is 616. The molecular weight excluding hydrogens is 262 g/mol. The van der Waals surface area contributed by atoms with Gasteiger partial charge >= 0.3 is 0 Å². The third kappa shape index (κ3) is 3.72. The molecule has 2 aromatic rings. The average Bonchev–Trinajstić information content (AvgIpc) is 2.73. The second-order valence-electron chi connectivity index (χ2n) is 5.58. The van der Waals surface area contributed by atoms with E-state index in [2.05, 4.69) is 17.3 Å². The van der Waals surface area contributed by atoms with Crippen molar-refractivity contribution in [3.05, 3.63) is 52.8 Å². The van der Waals surface area contributed by atoms with Crippen molar-refractivity contribution in [2.75, 3.05) is 0 Å². The molecule has 1 amide bonds. The highest BCUT2D eigenvalue weighted by Gasteiger charge is 2.16.